The number of carbonyl (C=O) groups excluding carboxylic acids is 1. The van der Waals surface area contributed by atoms with E-state index in [2.05, 4.69) is 10.3 Å². The Balaban J connectivity index is 2.89. The number of carboxylic acid groups (broad SMARTS) is 1. The van der Waals surface area contributed by atoms with Crippen LogP contribution in [0.4, 0.5) is 0 Å². The smallest absolute Gasteiger partial charge is 0.326 e. The first-order chi connectivity index (χ1) is 8.49. The van der Waals surface area contributed by atoms with Gasteiger partial charge in [-0.25, -0.2) is 9.78 Å². The summed E-state index contributed by atoms with van der Waals surface area (Å²) in [6.45, 7) is 3.28. The van der Waals surface area contributed by atoms with E-state index in [9.17, 15) is 9.59 Å². The standard InChI is InChI=1S/C12H13N3O3/c1-3-9(12(17)18)15-11(16)10-5-4-8(6-13)7(2)14-10/h4-5,9H,3H2,1-2H3,(H,15,16)(H,17,18). The van der Waals surface area contributed by atoms with Gasteiger partial charge >= 0.3 is 5.97 Å². The van der Waals surface area contributed by atoms with Crippen LogP contribution in [-0.4, -0.2) is 28.0 Å². The van der Waals surface area contributed by atoms with Gasteiger partial charge in [0.2, 0.25) is 0 Å². The highest BCUT2D eigenvalue weighted by molar-refractivity contribution is 5.95. The summed E-state index contributed by atoms with van der Waals surface area (Å²) in [7, 11) is 0. The molecule has 18 heavy (non-hydrogen) atoms. The minimum atomic E-state index is -1.09. The van der Waals surface area contributed by atoms with Gasteiger partial charge in [-0.3, -0.25) is 4.79 Å². The van der Waals surface area contributed by atoms with E-state index < -0.39 is 17.9 Å². The number of aromatic nitrogens is 1. The maximum absolute atomic E-state index is 11.8. The van der Waals surface area contributed by atoms with Crippen LogP contribution in [0.5, 0.6) is 0 Å². The molecule has 0 saturated carbocycles. The van der Waals surface area contributed by atoms with Gasteiger partial charge in [0.1, 0.15) is 17.8 Å². The van der Waals surface area contributed by atoms with Gasteiger partial charge in [-0.2, -0.15) is 5.26 Å². The summed E-state index contributed by atoms with van der Waals surface area (Å²) in [5.74, 6) is -1.65. The molecule has 1 amide bonds. The Kier molecular flexibility index (Phi) is 4.38. The Hall–Kier alpha value is -2.42. The second kappa shape index (κ2) is 5.77. The van der Waals surface area contributed by atoms with Crippen LogP contribution in [0.1, 0.15) is 35.1 Å². The molecule has 1 unspecified atom stereocenters. The second-order valence-corrected chi connectivity index (χ2v) is 3.71. The van der Waals surface area contributed by atoms with Crippen molar-refractivity contribution in [2.24, 2.45) is 0 Å². The topological polar surface area (TPSA) is 103 Å². The molecule has 1 rings (SSSR count). The third kappa shape index (κ3) is 3.04. The van der Waals surface area contributed by atoms with E-state index in [1.54, 1.807) is 13.8 Å². The van der Waals surface area contributed by atoms with Crippen LogP contribution >= 0.6 is 0 Å². The molecular formula is C12H13N3O3. The first-order valence-electron chi connectivity index (χ1n) is 5.41. The third-order valence-corrected chi connectivity index (χ3v) is 2.45. The molecular weight excluding hydrogens is 234 g/mol. The molecule has 1 atom stereocenters. The number of carbonyl (C=O) groups is 2. The Labute approximate surface area is 104 Å². The fourth-order valence-corrected chi connectivity index (χ4v) is 1.38. The minimum Gasteiger partial charge on any atom is -0.480 e. The Morgan fingerprint density at radius 1 is 1.56 bits per heavy atom. The monoisotopic (exact) mass is 247 g/mol. The van der Waals surface area contributed by atoms with Crippen LogP contribution in [-0.2, 0) is 4.79 Å². The number of rotatable bonds is 4. The summed E-state index contributed by atoms with van der Waals surface area (Å²) in [6, 6.07) is 3.89. The number of pyridine rings is 1. The van der Waals surface area contributed by atoms with Crippen molar-refractivity contribution in [2.45, 2.75) is 26.3 Å². The van der Waals surface area contributed by atoms with E-state index in [0.717, 1.165) is 0 Å². The summed E-state index contributed by atoms with van der Waals surface area (Å²) >= 11 is 0. The molecule has 0 bridgehead atoms. The highest BCUT2D eigenvalue weighted by atomic mass is 16.4. The molecule has 0 spiro atoms. The van der Waals surface area contributed by atoms with Crippen molar-refractivity contribution >= 4 is 11.9 Å². The van der Waals surface area contributed by atoms with E-state index in [4.69, 9.17) is 10.4 Å². The predicted octanol–water partition coefficient (Wildman–Crippen LogP) is 0.855. The lowest BCUT2D eigenvalue weighted by Crippen LogP contribution is -2.40. The van der Waals surface area contributed by atoms with Gasteiger partial charge in [-0.15, -0.1) is 0 Å². The number of carboxylic acids is 1. The molecule has 0 aliphatic rings. The van der Waals surface area contributed by atoms with Crippen molar-refractivity contribution in [3.8, 4) is 6.07 Å². The highest BCUT2D eigenvalue weighted by Gasteiger charge is 2.19. The molecule has 0 radical (unpaired) electrons. The van der Waals surface area contributed by atoms with Crippen molar-refractivity contribution in [2.75, 3.05) is 0 Å². The summed E-state index contributed by atoms with van der Waals surface area (Å²) in [5, 5.41) is 19.9. The fourth-order valence-electron chi connectivity index (χ4n) is 1.38. The highest BCUT2D eigenvalue weighted by Crippen LogP contribution is 2.06. The average molecular weight is 247 g/mol. The number of nitrogens with zero attached hydrogens (tertiary/aromatic N) is 2. The molecule has 0 aliphatic carbocycles. The summed E-state index contributed by atoms with van der Waals surface area (Å²) < 4.78 is 0. The second-order valence-electron chi connectivity index (χ2n) is 3.71. The lowest BCUT2D eigenvalue weighted by molar-refractivity contribution is -0.139. The molecule has 1 aromatic rings. The first kappa shape index (κ1) is 13.6. The van der Waals surface area contributed by atoms with Crippen LogP contribution in [0.25, 0.3) is 0 Å². The van der Waals surface area contributed by atoms with Crippen LogP contribution in [0.2, 0.25) is 0 Å². The Bertz CT molecular complexity index is 520. The number of aliphatic carboxylic acids is 1. The zero-order valence-corrected chi connectivity index (χ0v) is 10.1. The van der Waals surface area contributed by atoms with Gasteiger partial charge in [0.25, 0.3) is 5.91 Å². The molecule has 1 heterocycles. The summed E-state index contributed by atoms with van der Waals surface area (Å²) in [6.07, 6.45) is 0.288. The van der Waals surface area contributed by atoms with E-state index in [0.29, 0.717) is 11.3 Å². The van der Waals surface area contributed by atoms with E-state index >= 15 is 0 Å². The van der Waals surface area contributed by atoms with Crippen LogP contribution < -0.4 is 5.32 Å². The zero-order valence-electron chi connectivity index (χ0n) is 10.1. The Morgan fingerprint density at radius 2 is 2.22 bits per heavy atom. The molecule has 6 heteroatoms. The quantitative estimate of drug-likeness (QED) is 0.821. The van der Waals surface area contributed by atoms with Crippen LogP contribution in [0.3, 0.4) is 0 Å². The average Bonchev–Trinajstić information content (AvgIpc) is 2.35. The van der Waals surface area contributed by atoms with E-state index in [-0.39, 0.29) is 12.1 Å². The Morgan fingerprint density at radius 3 is 2.67 bits per heavy atom. The third-order valence-electron chi connectivity index (χ3n) is 2.45. The molecule has 0 saturated heterocycles. The lowest BCUT2D eigenvalue weighted by Gasteiger charge is -2.12. The first-order valence-corrected chi connectivity index (χ1v) is 5.41. The molecule has 0 aliphatic heterocycles. The maximum atomic E-state index is 11.8. The molecule has 0 fully saturated rings. The fraction of sp³-hybridized carbons (Fsp3) is 0.333. The molecule has 2 N–H and O–H groups in total. The molecule has 94 valence electrons. The lowest BCUT2D eigenvalue weighted by atomic mass is 10.2. The van der Waals surface area contributed by atoms with E-state index in [1.165, 1.54) is 12.1 Å². The molecule has 6 nitrogen and oxygen atoms in total. The number of aryl methyl sites for hydroxylation is 1. The van der Waals surface area contributed by atoms with Gasteiger partial charge < -0.3 is 10.4 Å². The zero-order chi connectivity index (χ0) is 13.7. The normalized spacial score (nSPS) is 11.4. The van der Waals surface area contributed by atoms with Crippen molar-refractivity contribution in [1.29, 1.82) is 5.26 Å². The van der Waals surface area contributed by atoms with E-state index in [1.807, 2.05) is 6.07 Å². The predicted molar refractivity (Wildman–Crippen MR) is 62.9 cm³/mol. The van der Waals surface area contributed by atoms with Gasteiger partial charge in [0.15, 0.2) is 0 Å². The van der Waals surface area contributed by atoms with Gasteiger partial charge in [-0.1, -0.05) is 6.92 Å². The van der Waals surface area contributed by atoms with Gasteiger partial charge in [-0.05, 0) is 25.5 Å². The van der Waals surface area contributed by atoms with Crippen molar-refractivity contribution < 1.29 is 14.7 Å². The molecule has 0 aromatic carbocycles. The van der Waals surface area contributed by atoms with Crippen LogP contribution in [0, 0.1) is 18.3 Å². The van der Waals surface area contributed by atoms with Crippen molar-refractivity contribution in [3.63, 3.8) is 0 Å². The minimum absolute atomic E-state index is 0.103. The maximum Gasteiger partial charge on any atom is 0.326 e. The van der Waals surface area contributed by atoms with Crippen molar-refractivity contribution in [3.05, 3.63) is 29.1 Å². The SMILES string of the molecule is CCC(NC(=O)c1ccc(C#N)c(C)n1)C(=O)O. The van der Waals surface area contributed by atoms with Gasteiger partial charge in [0, 0.05) is 0 Å². The largest absolute Gasteiger partial charge is 0.480 e. The van der Waals surface area contributed by atoms with Crippen molar-refractivity contribution in [1.82, 2.24) is 10.3 Å². The summed E-state index contributed by atoms with van der Waals surface area (Å²) in [5.41, 5.74) is 0.927. The number of nitrogens with one attached hydrogen (secondary N) is 1. The van der Waals surface area contributed by atoms with Gasteiger partial charge in [0.05, 0.1) is 11.3 Å². The number of nitriles is 1. The van der Waals surface area contributed by atoms with Crippen LogP contribution in [0.15, 0.2) is 12.1 Å². The molecule has 1 aromatic heterocycles. The number of hydrogen-bond acceptors (Lipinski definition) is 4. The summed E-state index contributed by atoms with van der Waals surface area (Å²) in [4.78, 5) is 26.5. The number of hydrogen-bond donors (Lipinski definition) is 2. The number of amides is 1.